The summed E-state index contributed by atoms with van der Waals surface area (Å²) in [6.07, 6.45) is 6.60. The maximum atomic E-state index is 12.4. The molecule has 0 saturated carbocycles. The molecule has 4 heteroatoms. The van der Waals surface area contributed by atoms with Gasteiger partial charge in [0.2, 0.25) is 0 Å². The molecule has 0 fully saturated rings. The number of hydrogen-bond donors (Lipinski definition) is 1. The van der Waals surface area contributed by atoms with Crippen molar-refractivity contribution < 1.29 is 19.4 Å². The lowest BCUT2D eigenvalue weighted by molar-refractivity contribution is -0.138. The van der Waals surface area contributed by atoms with Gasteiger partial charge in [0.15, 0.2) is 0 Å². The second-order valence-electron chi connectivity index (χ2n) is 9.81. The van der Waals surface area contributed by atoms with E-state index >= 15 is 0 Å². The molecule has 0 aromatic heterocycles. The first kappa shape index (κ1) is 26.8. The van der Waals surface area contributed by atoms with Gasteiger partial charge in [0.05, 0.1) is 13.0 Å². The standard InChI is InChI=1S/C29H40O4/c1-28(22-27(31)32,24-14-6-4-7-15-24)20-12-10-18-26(30)19-11-13-21-29(2,23-33-3)25-16-8-5-9-17-25/h4-9,14-17H,10-13,18-23H2,1-3H3,(H,31,32). The first-order valence-electron chi connectivity index (χ1n) is 12.1. The summed E-state index contributed by atoms with van der Waals surface area (Å²) in [5, 5.41) is 9.38. The second kappa shape index (κ2) is 13.3. The molecule has 0 bridgehead atoms. The Bertz CT molecular complexity index is 848. The minimum Gasteiger partial charge on any atom is -0.481 e. The molecule has 0 aliphatic carbocycles. The fourth-order valence-corrected chi connectivity index (χ4v) is 4.77. The van der Waals surface area contributed by atoms with Crippen LogP contribution >= 0.6 is 0 Å². The maximum Gasteiger partial charge on any atom is 0.304 e. The average molecular weight is 453 g/mol. The highest BCUT2D eigenvalue weighted by molar-refractivity contribution is 5.78. The molecule has 0 amide bonds. The number of ether oxygens (including phenoxy) is 1. The number of unbranched alkanes of at least 4 members (excludes halogenated alkanes) is 2. The molecule has 0 spiro atoms. The van der Waals surface area contributed by atoms with Crippen LogP contribution in [0.25, 0.3) is 0 Å². The summed E-state index contributed by atoms with van der Waals surface area (Å²) in [6.45, 7) is 4.91. The summed E-state index contributed by atoms with van der Waals surface area (Å²) in [6, 6.07) is 20.3. The number of hydrogen-bond acceptors (Lipinski definition) is 3. The molecule has 0 aliphatic rings. The van der Waals surface area contributed by atoms with E-state index in [-0.39, 0.29) is 11.8 Å². The Morgan fingerprint density at radius 3 is 1.67 bits per heavy atom. The average Bonchev–Trinajstić information content (AvgIpc) is 2.80. The second-order valence-corrected chi connectivity index (χ2v) is 9.81. The van der Waals surface area contributed by atoms with Gasteiger partial charge in [-0.2, -0.15) is 0 Å². The summed E-state index contributed by atoms with van der Waals surface area (Å²) < 4.78 is 5.48. The molecule has 2 unspecified atom stereocenters. The molecule has 0 radical (unpaired) electrons. The van der Waals surface area contributed by atoms with Gasteiger partial charge in [-0.25, -0.2) is 0 Å². The van der Waals surface area contributed by atoms with Gasteiger partial charge in [0.1, 0.15) is 5.78 Å². The molecule has 2 atom stereocenters. The largest absolute Gasteiger partial charge is 0.481 e. The van der Waals surface area contributed by atoms with Crippen molar-refractivity contribution in [1.82, 2.24) is 0 Å². The topological polar surface area (TPSA) is 63.6 Å². The normalized spacial score (nSPS) is 14.9. The van der Waals surface area contributed by atoms with Crippen molar-refractivity contribution in [2.45, 2.75) is 82.5 Å². The van der Waals surface area contributed by atoms with Gasteiger partial charge < -0.3 is 9.84 Å². The van der Waals surface area contributed by atoms with Crippen LogP contribution in [0.2, 0.25) is 0 Å². The summed E-state index contributed by atoms with van der Waals surface area (Å²) in [4.78, 5) is 23.8. The molecule has 0 aliphatic heterocycles. The van der Waals surface area contributed by atoms with E-state index in [0.717, 1.165) is 44.1 Å². The summed E-state index contributed by atoms with van der Waals surface area (Å²) in [5.41, 5.74) is 1.89. The van der Waals surface area contributed by atoms with Gasteiger partial charge in [-0.15, -0.1) is 0 Å². The lowest BCUT2D eigenvalue weighted by Gasteiger charge is -2.29. The highest BCUT2D eigenvalue weighted by atomic mass is 16.5. The van der Waals surface area contributed by atoms with Crippen LogP contribution in [0.15, 0.2) is 60.7 Å². The lowest BCUT2D eigenvalue weighted by atomic mass is 9.75. The molecule has 33 heavy (non-hydrogen) atoms. The van der Waals surface area contributed by atoms with Gasteiger partial charge >= 0.3 is 5.97 Å². The molecule has 1 N–H and O–H groups in total. The summed E-state index contributed by atoms with van der Waals surface area (Å²) in [7, 11) is 1.74. The zero-order valence-corrected chi connectivity index (χ0v) is 20.5. The van der Waals surface area contributed by atoms with E-state index in [4.69, 9.17) is 4.74 Å². The number of rotatable bonds is 16. The molecular weight excluding hydrogens is 412 g/mol. The van der Waals surface area contributed by atoms with E-state index in [9.17, 15) is 14.7 Å². The van der Waals surface area contributed by atoms with Gasteiger partial charge in [-0.05, 0) is 36.8 Å². The number of carboxylic acid groups (broad SMARTS) is 1. The third-order valence-electron chi connectivity index (χ3n) is 6.81. The zero-order chi connectivity index (χ0) is 24.2. The monoisotopic (exact) mass is 452 g/mol. The van der Waals surface area contributed by atoms with Crippen LogP contribution in [0.4, 0.5) is 0 Å². The molecule has 4 nitrogen and oxygen atoms in total. The fraction of sp³-hybridized carbons (Fsp3) is 0.517. The van der Waals surface area contributed by atoms with Crippen molar-refractivity contribution in [2.24, 2.45) is 0 Å². The van der Waals surface area contributed by atoms with Gasteiger partial charge in [0, 0.05) is 30.8 Å². The van der Waals surface area contributed by atoms with E-state index in [0.29, 0.717) is 25.2 Å². The maximum absolute atomic E-state index is 12.4. The van der Waals surface area contributed by atoms with Crippen molar-refractivity contribution in [1.29, 1.82) is 0 Å². The SMILES string of the molecule is COCC(C)(CCCCC(=O)CCCCC(C)(CC(=O)O)c1ccccc1)c1ccccc1. The molecule has 0 heterocycles. The Labute approximate surface area is 199 Å². The third kappa shape index (κ3) is 8.77. The molecule has 2 rings (SSSR count). The predicted octanol–water partition coefficient (Wildman–Crippen LogP) is 6.71. The van der Waals surface area contributed by atoms with Crippen LogP contribution in [0.1, 0.15) is 82.8 Å². The summed E-state index contributed by atoms with van der Waals surface area (Å²) in [5.74, 6) is -0.476. The van der Waals surface area contributed by atoms with Crippen LogP contribution in [-0.2, 0) is 25.2 Å². The van der Waals surface area contributed by atoms with E-state index < -0.39 is 11.4 Å². The summed E-state index contributed by atoms with van der Waals surface area (Å²) >= 11 is 0. The van der Waals surface area contributed by atoms with Crippen molar-refractivity contribution in [2.75, 3.05) is 13.7 Å². The van der Waals surface area contributed by atoms with Gasteiger partial charge in [-0.1, -0.05) is 87.4 Å². The Kier molecular flexibility index (Phi) is 10.8. The van der Waals surface area contributed by atoms with E-state index in [1.807, 2.05) is 43.3 Å². The van der Waals surface area contributed by atoms with Crippen LogP contribution in [0, 0.1) is 0 Å². The minimum absolute atomic E-state index is 0.0366. The number of ketones is 1. The predicted molar refractivity (Wildman–Crippen MR) is 134 cm³/mol. The van der Waals surface area contributed by atoms with Crippen LogP contribution in [0.5, 0.6) is 0 Å². The first-order valence-corrected chi connectivity index (χ1v) is 12.1. The fourth-order valence-electron chi connectivity index (χ4n) is 4.77. The molecule has 0 saturated heterocycles. The van der Waals surface area contributed by atoms with E-state index in [1.165, 1.54) is 5.56 Å². The van der Waals surface area contributed by atoms with Crippen molar-refractivity contribution in [3.63, 3.8) is 0 Å². The van der Waals surface area contributed by atoms with Crippen molar-refractivity contribution in [3.8, 4) is 0 Å². The van der Waals surface area contributed by atoms with E-state index in [2.05, 4.69) is 31.2 Å². The first-order chi connectivity index (χ1) is 15.8. The van der Waals surface area contributed by atoms with Crippen LogP contribution < -0.4 is 0 Å². The highest BCUT2D eigenvalue weighted by Gasteiger charge is 2.29. The number of carboxylic acids is 1. The van der Waals surface area contributed by atoms with E-state index in [1.54, 1.807) is 7.11 Å². The number of benzene rings is 2. The van der Waals surface area contributed by atoms with Crippen molar-refractivity contribution >= 4 is 11.8 Å². The molecular formula is C29H40O4. The third-order valence-corrected chi connectivity index (χ3v) is 6.81. The number of methoxy groups -OCH3 is 1. The Morgan fingerprint density at radius 1 is 0.758 bits per heavy atom. The number of aliphatic carboxylic acids is 1. The van der Waals surface area contributed by atoms with Crippen LogP contribution in [-0.4, -0.2) is 30.6 Å². The Balaban J connectivity index is 1.74. The number of carbonyl (C=O) groups excluding carboxylic acids is 1. The molecule has 2 aromatic rings. The quantitative estimate of drug-likeness (QED) is 0.287. The Hall–Kier alpha value is -2.46. The zero-order valence-electron chi connectivity index (χ0n) is 20.5. The van der Waals surface area contributed by atoms with Crippen LogP contribution in [0.3, 0.4) is 0 Å². The minimum atomic E-state index is -0.784. The van der Waals surface area contributed by atoms with Crippen molar-refractivity contribution in [3.05, 3.63) is 71.8 Å². The van der Waals surface area contributed by atoms with Gasteiger partial charge in [-0.3, -0.25) is 9.59 Å². The number of Topliss-reactive ketones (excluding diaryl/α,β-unsaturated/α-hetero) is 1. The number of carbonyl (C=O) groups is 2. The lowest BCUT2D eigenvalue weighted by Crippen LogP contribution is -2.27. The molecule has 2 aromatic carbocycles. The van der Waals surface area contributed by atoms with Gasteiger partial charge in [0.25, 0.3) is 0 Å². The Morgan fingerprint density at radius 2 is 1.21 bits per heavy atom. The highest BCUT2D eigenvalue weighted by Crippen LogP contribution is 2.34. The molecule has 180 valence electrons. The smallest absolute Gasteiger partial charge is 0.304 e.